The molecule has 0 bridgehead atoms. The fourth-order valence-electron chi connectivity index (χ4n) is 2.99. The van der Waals surface area contributed by atoms with E-state index in [0.29, 0.717) is 10.7 Å². The highest BCUT2D eigenvalue weighted by atomic mass is 35.5. The highest BCUT2D eigenvalue weighted by molar-refractivity contribution is 7.92. The van der Waals surface area contributed by atoms with Crippen molar-refractivity contribution < 1.29 is 22.0 Å². The van der Waals surface area contributed by atoms with Crippen molar-refractivity contribution >= 4 is 33.0 Å². The van der Waals surface area contributed by atoms with Crippen LogP contribution in [0.4, 0.5) is 14.5 Å². The predicted octanol–water partition coefficient (Wildman–Crippen LogP) is 3.66. The van der Waals surface area contributed by atoms with Crippen LogP contribution in [-0.4, -0.2) is 20.1 Å². The second kappa shape index (κ2) is 6.72. The summed E-state index contributed by atoms with van der Waals surface area (Å²) in [6.45, 7) is 0. The van der Waals surface area contributed by atoms with Gasteiger partial charge >= 0.3 is 0 Å². The number of hydrogen-bond acceptors (Lipinski definition) is 3. The average Bonchev–Trinajstić information content (AvgIpc) is 2.94. The Kier molecular flexibility index (Phi) is 4.79. The van der Waals surface area contributed by atoms with Gasteiger partial charge in [-0.1, -0.05) is 11.6 Å². The third-order valence-corrected chi connectivity index (χ3v) is 6.37. The summed E-state index contributed by atoms with van der Waals surface area (Å²) in [4.78, 5) is 12.0. The molecule has 0 fully saturated rings. The quantitative estimate of drug-likeness (QED) is 0.873. The number of hydrogen-bond donors (Lipinski definition) is 1. The molecule has 1 atom stereocenters. The fraction of sp³-hybridized carbons (Fsp3) is 0.235. The van der Waals surface area contributed by atoms with Crippen LogP contribution < -0.4 is 5.32 Å². The Morgan fingerprint density at radius 3 is 2.56 bits per heavy atom. The molecule has 132 valence electrons. The van der Waals surface area contributed by atoms with Crippen LogP contribution in [0.1, 0.15) is 22.8 Å². The van der Waals surface area contributed by atoms with Gasteiger partial charge in [0.2, 0.25) is 5.91 Å². The van der Waals surface area contributed by atoms with E-state index in [2.05, 4.69) is 5.32 Å². The van der Waals surface area contributed by atoms with Crippen molar-refractivity contribution in [3.63, 3.8) is 0 Å². The lowest BCUT2D eigenvalue weighted by Gasteiger charge is -2.13. The van der Waals surface area contributed by atoms with E-state index in [1.807, 2.05) is 0 Å². The van der Waals surface area contributed by atoms with E-state index < -0.39 is 38.4 Å². The van der Waals surface area contributed by atoms with Crippen LogP contribution in [-0.2, 0) is 21.1 Å². The summed E-state index contributed by atoms with van der Waals surface area (Å²) in [7, 11) is -3.91. The topological polar surface area (TPSA) is 63.2 Å². The van der Waals surface area contributed by atoms with Gasteiger partial charge in [0, 0.05) is 16.8 Å². The van der Waals surface area contributed by atoms with Crippen molar-refractivity contribution in [2.45, 2.75) is 18.1 Å². The van der Waals surface area contributed by atoms with Gasteiger partial charge in [-0.3, -0.25) is 4.79 Å². The Morgan fingerprint density at radius 1 is 1.20 bits per heavy atom. The summed E-state index contributed by atoms with van der Waals surface area (Å²) >= 11 is 5.74. The van der Waals surface area contributed by atoms with E-state index in [4.69, 9.17) is 11.6 Å². The van der Waals surface area contributed by atoms with E-state index >= 15 is 0 Å². The third kappa shape index (κ3) is 3.82. The van der Waals surface area contributed by atoms with E-state index in [1.165, 1.54) is 0 Å². The van der Waals surface area contributed by atoms with Crippen molar-refractivity contribution in [1.29, 1.82) is 0 Å². The number of carbonyl (C=O) groups excluding carboxylic acids is 1. The molecule has 8 heteroatoms. The smallest absolute Gasteiger partial charge is 0.239 e. The minimum Gasteiger partial charge on any atom is -0.325 e. The van der Waals surface area contributed by atoms with E-state index in [0.717, 1.165) is 12.1 Å². The SMILES string of the molecule is O=C(CS(=O)(=O)[C@@H]1CCc2c(F)cc(F)cc21)Nc1ccc(Cl)cc1. The summed E-state index contributed by atoms with van der Waals surface area (Å²) < 4.78 is 52.3. The molecule has 2 aromatic rings. The molecule has 25 heavy (non-hydrogen) atoms. The first-order valence-electron chi connectivity index (χ1n) is 7.51. The van der Waals surface area contributed by atoms with Crippen LogP contribution in [0.5, 0.6) is 0 Å². The molecule has 0 spiro atoms. The molecule has 3 rings (SSSR count). The molecule has 0 unspecified atom stereocenters. The number of benzene rings is 2. The van der Waals surface area contributed by atoms with Crippen molar-refractivity contribution in [3.05, 3.63) is 64.2 Å². The average molecular weight is 386 g/mol. The number of rotatable bonds is 4. The van der Waals surface area contributed by atoms with Gasteiger partial charge < -0.3 is 5.32 Å². The van der Waals surface area contributed by atoms with Gasteiger partial charge in [0.25, 0.3) is 0 Å². The largest absolute Gasteiger partial charge is 0.325 e. The zero-order chi connectivity index (χ0) is 18.2. The van der Waals surface area contributed by atoms with Crippen molar-refractivity contribution in [1.82, 2.24) is 0 Å². The molecular weight excluding hydrogens is 372 g/mol. The van der Waals surface area contributed by atoms with Crippen LogP contribution in [0, 0.1) is 11.6 Å². The second-order valence-corrected chi connectivity index (χ2v) is 8.46. The molecule has 1 aliphatic rings. The Balaban J connectivity index is 1.77. The summed E-state index contributed by atoms with van der Waals surface area (Å²) in [6.07, 6.45) is 0.330. The molecule has 0 saturated carbocycles. The van der Waals surface area contributed by atoms with Crippen LogP contribution in [0.2, 0.25) is 5.02 Å². The number of anilines is 1. The van der Waals surface area contributed by atoms with Crippen LogP contribution in [0.25, 0.3) is 0 Å². The number of carbonyl (C=O) groups is 1. The predicted molar refractivity (Wildman–Crippen MR) is 91.3 cm³/mol. The van der Waals surface area contributed by atoms with E-state index in [-0.39, 0.29) is 24.0 Å². The molecular formula is C17H14ClF2NO3S. The van der Waals surface area contributed by atoms with Crippen LogP contribution in [0.3, 0.4) is 0 Å². The van der Waals surface area contributed by atoms with Gasteiger partial charge in [-0.2, -0.15) is 0 Å². The molecule has 0 heterocycles. The Hall–Kier alpha value is -1.99. The Labute approximate surface area is 148 Å². The molecule has 2 aromatic carbocycles. The summed E-state index contributed by atoms with van der Waals surface area (Å²) in [5, 5.41) is 1.87. The second-order valence-electron chi connectivity index (χ2n) is 5.84. The molecule has 1 amide bonds. The highest BCUT2D eigenvalue weighted by Crippen LogP contribution is 2.39. The van der Waals surface area contributed by atoms with Gasteiger partial charge in [-0.15, -0.1) is 0 Å². The van der Waals surface area contributed by atoms with Crippen molar-refractivity contribution in [2.75, 3.05) is 11.1 Å². The Morgan fingerprint density at radius 2 is 1.88 bits per heavy atom. The Bertz CT molecular complexity index is 930. The number of nitrogens with one attached hydrogen (secondary N) is 1. The third-order valence-electron chi connectivity index (χ3n) is 4.09. The molecule has 1 N–H and O–H groups in total. The first-order chi connectivity index (χ1) is 11.8. The molecule has 0 radical (unpaired) electrons. The standard InChI is InChI=1S/C17H14ClF2NO3S/c18-10-1-3-12(4-2-10)21-17(22)9-25(23,24)16-6-5-13-14(16)7-11(19)8-15(13)20/h1-4,7-8,16H,5-6,9H2,(H,21,22)/t16-/m1/s1. The van der Waals surface area contributed by atoms with Gasteiger partial charge in [0.1, 0.15) is 17.4 Å². The normalized spacial score (nSPS) is 16.5. The van der Waals surface area contributed by atoms with Crippen LogP contribution >= 0.6 is 11.6 Å². The van der Waals surface area contributed by atoms with Gasteiger partial charge in [-0.05, 0) is 54.3 Å². The molecule has 1 aliphatic carbocycles. The zero-order valence-electron chi connectivity index (χ0n) is 12.9. The van der Waals surface area contributed by atoms with Crippen LogP contribution in [0.15, 0.2) is 36.4 Å². The van der Waals surface area contributed by atoms with Crippen molar-refractivity contribution in [2.24, 2.45) is 0 Å². The number of fused-ring (bicyclic) bond motifs is 1. The zero-order valence-corrected chi connectivity index (χ0v) is 14.5. The lowest BCUT2D eigenvalue weighted by molar-refractivity contribution is -0.113. The molecule has 0 aliphatic heterocycles. The summed E-state index contributed by atoms with van der Waals surface area (Å²) in [6, 6.07) is 7.98. The van der Waals surface area contributed by atoms with E-state index in [9.17, 15) is 22.0 Å². The maximum Gasteiger partial charge on any atom is 0.239 e. The highest BCUT2D eigenvalue weighted by Gasteiger charge is 2.36. The van der Waals surface area contributed by atoms with Gasteiger partial charge in [0.15, 0.2) is 9.84 Å². The summed E-state index contributed by atoms with van der Waals surface area (Å²) in [5.74, 6) is -3.06. The lowest BCUT2D eigenvalue weighted by atomic mass is 10.1. The first-order valence-corrected chi connectivity index (χ1v) is 9.60. The lowest BCUT2D eigenvalue weighted by Crippen LogP contribution is -2.26. The van der Waals surface area contributed by atoms with E-state index in [1.54, 1.807) is 24.3 Å². The maximum absolute atomic E-state index is 13.8. The minimum absolute atomic E-state index is 0.108. The molecule has 0 aromatic heterocycles. The molecule has 4 nitrogen and oxygen atoms in total. The fourth-order valence-corrected chi connectivity index (χ4v) is 4.83. The van der Waals surface area contributed by atoms with Gasteiger partial charge in [-0.25, -0.2) is 17.2 Å². The number of sulfone groups is 1. The minimum atomic E-state index is -3.91. The number of halogens is 3. The summed E-state index contributed by atoms with van der Waals surface area (Å²) in [5.41, 5.74) is 0.721. The first kappa shape index (κ1) is 17.8. The number of amides is 1. The van der Waals surface area contributed by atoms with Crippen molar-refractivity contribution in [3.8, 4) is 0 Å². The van der Waals surface area contributed by atoms with Gasteiger partial charge in [0.05, 0.1) is 5.25 Å². The monoisotopic (exact) mass is 385 g/mol. The molecule has 0 saturated heterocycles. The maximum atomic E-state index is 13.8.